The van der Waals surface area contributed by atoms with Crippen molar-refractivity contribution in [3.8, 4) is 11.5 Å². The van der Waals surface area contributed by atoms with E-state index in [-0.39, 0.29) is 11.8 Å². The lowest BCUT2D eigenvalue weighted by molar-refractivity contribution is -0.237. The summed E-state index contributed by atoms with van der Waals surface area (Å²) in [6.07, 6.45) is -4.76. The maximum atomic E-state index is 12.0. The number of carbonyl (C=O) groups is 4. The number of para-hydroxylation sites is 1. The molecule has 0 spiro atoms. The van der Waals surface area contributed by atoms with E-state index in [1.165, 1.54) is 13.8 Å². The minimum Gasteiger partial charge on any atom is -0.463 e. The van der Waals surface area contributed by atoms with Crippen LogP contribution >= 0.6 is 11.8 Å². The predicted octanol–water partition coefficient (Wildman–Crippen LogP) is 2.13. The largest absolute Gasteiger partial charge is 0.463 e. The van der Waals surface area contributed by atoms with Gasteiger partial charge in [-0.3, -0.25) is 24.3 Å². The molecule has 202 valence electrons. The van der Waals surface area contributed by atoms with Gasteiger partial charge in [0.1, 0.15) is 12.7 Å². The van der Waals surface area contributed by atoms with Crippen LogP contribution in [0.25, 0.3) is 22.4 Å². The Labute approximate surface area is 220 Å². The average Bonchev–Trinajstić information content (AvgIpc) is 3.47. The van der Waals surface area contributed by atoms with E-state index in [1.54, 1.807) is 0 Å². The number of fused-ring (bicyclic) bond motifs is 1. The standard InChI is InChI=1S/C24H26N4O9S/c1-11(29)33-10-18-19(34-12(2)30)20(35-13(3)31)21(36-14(4)32)23(37-18)38-24-26-22(27-28-24)17-9-15-7-5-6-8-16(15)25-17/h5-9,18-21,23,25H,10H2,1-4H3,(H,26,27,28)/t18-,19-,20+,21-,23+/m1/s1. The van der Waals surface area contributed by atoms with Crippen LogP contribution in [0.2, 0.25) is 0 Å². The number of benzene rings is 1. The number of aromatic amines is 2. The molecular formula is C24H26N4O9S. The van der Waals surface area contributed by atoms with E-state index in [0.29, 0.717) is 11.5 Å². The zero-order chi connectivity index (χ0) is 27.4. The fourth-order valence-corrected chi connectivity index (χ4v) is 5.00. The second kappa shape index (κ2) is 11.6. The van der Waals surface area contributed by atoms with Crippen LogP contribution in [0, 0.1) is 0 Å². The zero-order valence-corrected chi connectivity index (χ0v) is 21.8. The number of hydrogen-bond donors (Lipinski definition) is 2. The van der Waals surface area contributed by atoms with Crippen LogP contribution < -0.4 is 0 Å². The number of rotatable bonds is 8. The number of nitrogens with zero attached hydrogens (tertiary/aromatic N) is 2. The summed E-state index contributed by atoms with van der Waals surface area (Å²) in [6.45, 7) is 4.40. The van der Waals surface area contributed by atoms with Crippen LogP contribution in [0.15, 0.2) is 35.5 Å². The average molecular weight is 547 g/mol. The van der Waals surface area contributed by atoms with Crippen molar-refractivity contribution in [2.24, 2.45) is 0 Å². The summed E-state index contributed by atoms with van der Waals surface area (Å²) < 4.78 is 27.5. The minimum absolute atomic E-state index is 0.236. The molecule has 1 aliphatic rings. The summed E-state index contributed by atoms with van der Waals surface area (Å²) in [5.74, 6) is -2.24. The maximum absolute atomic E-state index is 12.0. The Morgan fingerprint density at radius 3 is 2.24 bits per heavy atom. The minimum atomic E-state index is -1.26. The topological polar surface area (TPSA) is 172 Å². The highest BCUT2D eigenvalue weighted by Gasteiger charge is 2.52. The quantitative estimate of drug-likeness (QED) is 0.312. The summed E-state index contributed by atoms with van der Waals surface area (Å²) in [5.41, 5.74) is 0.599. The number of H-pyrrole nitrogens is 2. The number of carbonyl (C=O) groups excluding carboxylic acids is 4. The van der Waals surface area contributed by atoms with E-state index in [9.17, 15) is 19.2 Å². The second-order valence-electron chi connectivity index (χ2n) is 8.42. The van der Waals surface area contributed by atoms with Gasteiger partial charge < -0.3 is 28.7 Å². The van der Waals surface area contributed by atoms with E-state index >= 15 is 0 Å². The van der Waals surface area contributed by atoms with Gasteiger partial charge in [0.15, 0.2) is 29.6 Å². The molecule has 3 heterocycles. The Morgan fingerprint density at radius 2 is 1.58 bits per heavy atom. The van der Waals surface area contributed by atoms with Crippen molar-refractivity contribution in [2.45, 2.75) is 62.7 Å². The van der Waals surface area contributed by atoms with Crippen LogP contribution in [0.4, 0.5) is 0 Å². The molecule has 0 radical (unpaired) electrons. The summed E-state index contributed by atoms with van der Waals surface area (Å²) in [6, 6.07) is 9.64. The molecule has 1 fully saturated rings. The van der Waals surface area contributed by atoms with Gasteiger partial charge in [-0.05, 0) is 23.9 Å². The van der Waals surface area contributed by atoms with E-state index in [4.69, 9.17) is 23.7 Å². The summed E-state index contributed by atoms with van der Waals surface area (Å²) in [4.78, 5) is 55.1. The summed E-state index contributed by atoms with van der Waals surface area (Å²) in [7, 11) is 0. The van der Waals surface area contributed by atoms with Gasteiger partial charge in [-0.1, -0.05) is 18.2 Å². The van der Waals surface area contributed by atoms with Gasteiger partial charge in [0.05, 0.1) is 5.69 Å². The number of esters is 4. The lowest BCUT2D eigenvalue weighted by atomic mass is 9.99. The van der Waals surface area contributed by atoms with Crippen LogP contribution in [0.1, 0.15) is 27.7 Å². The number of ether oxygens (including phenoxy) is 5. The molecule has 13 nitrogen and oxygen atoms in total. The van der Waals surface area contributed by atoms with Crippen molar-refractivity contribution in [1.29, 1.82) is 0 Å². The summed E-state index contributed by atoms with van der Waals surface area (Å²) >= 11 is 0.988. The monoisotopic (exact) mass is 546 g/mol. The van der Waals surface area contributed by atoms with Gasteiger partial charge in [0.2, 0.25) is 5.16 Å². The Hall–Kier alpha value is -3.91. The first kappa shape index (κ1) is 27.1. The molecule has 1 saturated heterocycles. The molecule has 3 aromatic rings. The molecule has 0 amide bonds. The van der Waals surface area contributed by atoms with Gasteiger partial charge in [-0.15, -0.1) is 5.10 Å². The molecule has 38 heavy (non-hydrogen) atoms. The highest BCUT2D eigenvalue weighted by molar-refractivity contribution is 7.99. The second-order valence-corrected chi connectivity index (χ2v) is 9.49. The van der Waals surface area contributed by atoms with E-state index in [0.717, 1.165) is 36.5 Å². The molecule has 0 saturated carbocycles. The van der Waals surface area contributed by atoms with Crippen molar-refractivity contribution in [2.75, 3.05) is 6.61 Å². The Morgan fingerprint density at radius 1 is 0.921 bits per heavy atom. The molecule has 0 bridgehead atoms. The molecule has 0 aliphatic carbocycles. The SMILES string of the molecule is CC(=O)OC[C@H]1O[C@@H](Sc2n[nH]c(-c3cc4ccccc4[nH]3)n2)[C@H](OC(C)=O)[C@@H](OC(C)=O)[C@@H]1OC(C)=O. The molecule has 2 aromatic heterocycles. The fourth-order valence-electron chi connectivity index (χ4n) is 4.01. The van der Waals surface area contributed by atoms with Gasteiger partial charge in [-0.25, -0.2) is 0 Å². The van der Waals surface area contributed by atoms with Crippen molar-refractivity contribution in [3.05, 3.63) is 30.3 Å². The van der Waals surface area contributed by atoms with Crippen LogP contribution in [0.3, 0.4) is 0 Å². The molecule has 1 aliphatic heterocycles. The molecule has 5 atom stereocenters. The number of aromatic nitrogens is 4. The number of hydrogen-bond acceptors (Lipinski definition) is 12. The molecule has 2 N–H and O–H groups in total. The van der Waals surface area contributed by atoms with Gasteiger partial charge in [0.25, 0.3) is 0 Å². The highest BCUT2D eigenvalue weighted by Crippen LogP contribution is 2.37. The lowest BCUT2D eigenvalue weighted by Gasteiger charge is -2.43. The third kappa shape index (κ3) is 6.50. The molecular weight excluding hydrogens is 520 g/mol. The van der Waals surface area contributed by atoms with E-state index < -0.39 is 53.7 Å². The molecule has 14 heteroatoms. The van der Waals surface area contributed by atoms with E-state index in [2.05, 4.69) is 20.2 Å². The van der Waals surface area contributed by atoms with Crippen molar-refractivity contribution < 1.29 is 42.9 Å². The summed E-state index contributed by atoms with van der Waals surface area (Å²) in [5, 5.41) is 8.32. The molecule has 0 unspecified atom stereocenters. The van der Waals surface area contributed by atoms with Crippen molar-refractivity contribution >= 4 is 46.5 Å². The van der Waals surface area contributed by atoms with Crippen LogP contribution in [-0.4, -0.2) is 80.5 Å². The smallest absolute Gasteiger partial charge is 0.303 e. The van der Waals surface area contributed by atoms with Gasteiger partial charge in [0, 0.05) is 38.6 Å². The Balaban J connectivity index is 1.64. The third-order valence-corrected chi connectivity index (χ3v) is 6.42. The van der Waals surface area contributed by atoms with E-state index in [1.807, 2.05) is 30.3 Å². The number of thioether (sulfide) groups is 1. The van der Waals surface area contributed by atoms with Crippen molar-refractivity contribution in [3.63, 3.8) is 0 Å². The zero-order valence-electron chi connectivity index (χ0n) is 21.0. The Bertz CT molecular complexity index is 1310. The number of nitrogens with one attached hydrogen (secondary N) is 2. The molecule has 4 rings (SSSR count). The predicted molar refractivity (Wildman–Crippen MR) is 131 cm³/mol. The first-order chi connectivity index (χ1) is 18.1. The first-order valence-electron chi connectivity index (χ1n) is 11.6. The molecule has 1 aromatic carbocycles. The van der Waals surface area contributed by atoms with Gasteiger partial charge in [-0.2, -0.15) is 4.98 Å². The highest BCUT2D eigenvalue weighted by atomic mass is 32.2. The fraction of sp³-hybridized carbons (Fsp3) is 0.417. The van der Waals surface area contributed by atoms with Crippen molar-refractivity contribution in [1.82, 2.24) is 20.2 Å². The Kier molecular flexibility index (Phi) is 8.32. The maximum Gasteiger partial charge on any atom is 0.303 e. The normalized spacial score (nSPS) is 23.0. The van der Waals surface area contributed by atoms with Gasteiger partial charge >= 0.3 is 23.9 Å². The first-order valence-corrected chi connectivity index (χ1v) is 12.5. The third-order valence-electron chi connectivity index (χ3n) is 5.42. The van der Waals surface area contributed by atoms with Crippen LogP contribution in [0.5, 0.6) is 0 Å². The lowest BCUT2D eigenvalue weighted by Crippen LogP contribution is -2.61. The van der Waals surface area contributed by atoms with Crippen LogP contribution in [-0.2, 0) is 42.9 Å².